The lowest BCUT2D eigenvalue weighted by Crippen LogP contribution is -2.29. The molecule has 128 valence electrons. The van der Waals surface area contributed by atoms with Crippen molar-refractivity contribution in [3.63, 3.8) is 0 Å². The third kappa shape index (κ3) is 2.19. The maximum atomic E-state index is 12.5. The van der Waals surface area contributed by atoms with Gasteiger partial charge in [0.15, 0.2) is 5.76 Å². The van der Waals surface area contributed by atoms with Crippen LogP contribution in [0.2, 0.25) is 0 Å². The van der Waals surface area contributed by atoms with E-state index < -0.39 is 6.04 Å². The summed E-state index contributed by atoms with van der Waals surface area (Å²) in [7, 11) is 0. The highest BCUT2D eigenvalue weighted by molar-refractivity contribution is 9.10. The highest BCUT2D eigenvalue weighted by Crippen LogP contribution is 2.41. The van der Waals surface area contributed by atoms with E-state index in [1.165, 1.54) is 0 Å². The molecule has 0 spiro atoms. The number of benzene rings is 1. The van der Waals surface area contributed by atoms with Crippen LogP contribution in [0.15, 0.2) is 56.3 Å². The van der Waals surface area contributed by atoms with Gasteiger partial charge in [-0.05, 0) is 40.3 Å². The molecule has 0 saturated carbocycles. The van der Waals surface area contributed by atoms with Gasteiger partial charge in [0, 0.05) is 10.0 Å². The number of aromatic nitrogens is 6. The first-order valence-corrected chi connectivity index (χ1v) is 8.48. The van der Waals surface area contributed by atoms with E-state index in [4.69, 9.17) is 4.42 Å². The zero-order valence-electron chi connectivity index (χ0n) is 13.0. The van der Waals surface area contributed by atoms with Crippen molar-refractivity contribution in [1.29, 1.82) is 0 Å². The number of hydrogen-bond acceptors (Lipinski definition) is 7. The molecule has 0 bridgehead atoms. The Morgan fingerprint density at radius 2 is 2.04 bits per heavy atom. The van der Waals surface area contributed by atoms with E-state index in [1.807, 2.05) is 24.3 Å². The van der Waals surface area contributed by atoms with Crippen LogP contribution in [-0.2, 0) is 0 Å². The fourth-order valence-corrected chi connectivity index (χ4v) is 3.36. The Bertz CT molecular complexity index is 1150. The lowest BCUT2D eigenvalue weighted by molar-refractivity contribution is 0.554. The number of nitrogens with zero attached hydrogens (tertiary/aromatic N) is 5. The molecule has 1 unspecified atom stereocenters. The Morgan fingerprint density at radius 3 is 2.81 bits per heavy atom. The number of H-pyrrole nitrogens is 1. The minimum atomic E-state index is -0.431. The standard InChI is InChI=1S/C16H10BrN7O2/c17-9-5-3-8(4-6-9)14-11-12(10-2-1-7-26-10)19-20-15(25)13(11)18-16-21-22-23-24(14)16/h1-7,14H,(H,20,25)(H,18,21,23). The summed E-state index contributed by atoms with van der Waals surface area (Å²) < 4.78 is 8.09. The molecule has 0 saturated heterocycles. The van der Waals surface area contributed by atoms with Gasteiger partial charge in [-0.15, -0.1) is 0 Å². The molecule has 0 fully saturated rings. The van der Waals surface area contributed by atoms with Crippen LogP contribution in [0.25, 0.3) is 11.5 Å². The molecule has 4 heterocycles. The maximum absolute atomic E-state index is 12.5. The van der Waals surface area contributed by atoms with Crippen LogP contribution in [0, 0.1) is 0 Å². The normalized spacial score (nSPS) is 15.2. The summed E-state index contributed by atoms with van der Waals surface area (Å²) in [5.74, 6) is 0.922. The quantitative estimate of drug-likeness (QED) is 0.458. The molecule has 5 rings (SSSR count). The van der Waals surface area contributed by atoms with E-state index in [9.17, 15) is 4.79 Å². The van der Waals surface area contributed by atoms with Crippen LogP contribution in [-0.4, -0.2) is 30.4 Å². The van der Waals surface area contributed by atoms with Gasteiger partial charge in [0.1, 0.15) is 17.4 Å². The molecule has 3 aromatic heterocycles. The highest BCUT2D eigenvalue weighted by Gasteiger charge is 2.34. The molecule has 1 aliphatic heterocycles. The zero-order chi connectivity index (χ0) is 17.7. The first-order chi connectivity index (χ1) is 12.7. The van der Waals surface area contributed by atoms with Gasteiger partial charge in [-0.25, -0.2) is 5.10 Å². The number of nitrogens with one attached hydrogen (secondary N) is 2. The fourth-order valence-electron chi connectivity index (χ4n) is 3.09. The second kappa shape index (κ2) is 5.63. The number of tetrazole rings is 1. The molecule has 1 aromatic carbocycles. The number of anilines is 2. The molecule has 4 aromatic rings. The molecule has 0 amide bonds. The monoisotopic (exact) mass is 411 g/mol. The first kappa shape index (κ1) is 15.0. The fraction of sp³-hybridized carbons (Fsp3) is 0.0625. The molecular formula is C16H10BrN7O2. The third-order valence-electron chi connectivity index (χ3n) is 4.21. The van der Waals surface area contributed by atoms with Crippen molar-refractivity contribution in [2.75, 3.05) is 5.32 Å². The summed E-state index contributed by atoms with van der Waals surface area (Å²) in [5.41, 5.74) is 2.06. The van der Waals surface area contributed by atoms with Gasteiger partial charge in [-0.2, -0.15) is 9.78 Å². The Kier molecular flexibility index (Phi) is 3.25. The van der Waals surface area contributed by atoms with Gasteiger partial charge < -0.3 is 9.73 Å². The molecule has 26 heavy (non-hydrogen) atoms. The number of halogens is 1. The smallest absolute Gasteiger partial charge is 0.288 e. The van der Waals surface area contributed by atoms with E-state index in [0.717, 1.165) is 10.0 Å². The van der Waals surface area contributed by atoms with Crippen LogP contribution in [0.4, 0.5) is 11.6 Å². The Labute approximate surface area is 154 Å². The van der Waals surface area contributed by atoms with Gasteiger partial charge in [0.25, 0.3) is 5.56 Å². The van der Waals surface area contributed by atoms with Crippen molar-refractivity contribution >= 4 is 27.6 Å². The second-order valence-corrected chi connectivity index (χ2v) is 6.61. The summed E-state index contributed by atoms with van der Waals surface area (Å²) in [4.78, 5) is 12.5. The van der Waals surface area contributed by atoms with Crippen molar-refractivity contribution in [2.24, 2.45) is 0 Å². The Balaban J connectivity index is 1.83. The maximum Gasteiger partial charge on any atom is 0.288 e. The minimum Gasteiger partial charge on any atom is -0.463 e. The molecule has 1 atom stereocenters. The molecule has 0 aliphatic carbocycles. The topological polar surface area (TPSA) is 115 Å². The number of hydrogen-bond donors (Lipinski definition) is 2. The molecule has 2 N–H and O–H groups in total. The average Bonchev–Trinajstić information content (AvgIpc) is 3.33. The summed E-state index contributed by atoms with van der Waals surface area (Å²) in [6.07, 6.45) is 1.56. The highest BCUT2D eigenvalue weighted by atomic mass is 79.9. The number of rotatable bonds is 2. The van der Waals surface area contributed by atoms with Gasteiger partial charge >= 0.3 is 0 Å². The Morgan fingerprint density at radius 1 is 1.19 bits per heavy atom. The first-order valence-electron chi connectivity index (χ1n) is 7.69. The van der Waals surface area contributed by atoms with E-state index in [0.29, 0.717) is 28.7 Å². The molecular weight excluding hydrogens is 402 g/mol. The van der Waals surface area contributed by atoms with Crippen molar-refractivity contribution < 1.29 is 4.42 Å². The zero-order valence-corrected chi connectivity index (χ0v) is 14.6. The van der Waals surface area contributed by atoms with Crippen LogP contribution in [0.5, 0.6) is 0 Å². The number of fused-ring (bicyclic) bond motifs is 2. The van der Waals surface area contributed by atoms with Crippen molar-refractivity contribution in [2.45, 2.75) is 6.04 Å². The van der Waals surface area contributed by atoms with Gasteiger partial charge in [-0.1, -0.05) is 33.2 Å². The number of furan rings is 1. The van der Waals surface area contributed by atoms with Crippen molar-refractivity contribution in [1.82, 2.24) is 30.4 Å². The van der Waals surface area contributed by atoms with Crippen molar-refractivity contribution in [3.05, 3.63) is 68.6 Å². The molecule has 1 aliphatic rings. The largest absolute Gasteiger partial charge is 0.463 e. The summed E-state index contributed by atoms with van der Waals surface area (Å²) in [6, 6.07) is 10.9. The minimum absolute atomic E-state index is 0.349. The van der Waals surface area contributed by atoms with Crippen LogP contribution in [0.1, 0.15) is 17.2 Å². The predicted molar refractivity (Wildman–Crippen MR) is 95.0 cm³/mol. The van der Waals surface area contributed by atoms with E-state index in [2.05, 4.69) is 47.0 Å². The average molecular weight is 412 g/mol. The van der Waals surface area contributed by atoms with Crippen LogP contribution in [0.3, 0.4) is 0 Å². The lowest BCUT2D eigenvalue weighted by atomic mass is 9.94. The van der Waals surface area contributed by atoms with Crippen molar-refractivity contribution in [3.8, 4) is 11.5 Å². The number of aromatic amines is 1. The lowest BCUT2D eigenvalue weighted by Gasteiger charge is -2.27. The van der Waals surface area contributed by atoms with E-state index >= 15 is 0 Å². The van der Waals surface area contributed by atoms with Gasteiger partial charge in [0.05, 0.1) is 6.26 Å². The van der Waals surface area contributed by atoms with E-state index in [1.54, 1.807) is 23.1 Å². The van der Waals surface area contributed by atoms with Crippen LogP contribution >= 0.6 is 15.9 Å². The molecule has 9 nitrogen and oxygen atoms in total. The Hall–Kier alpha value is -3.27. The molecule has 0 radical (unpaired) electrons. The summed E-state index contributed by atoms with van der Waals surface area (Å²) in [5, 5.41) is 21.5. The predicted octanol–water partition coefficient (Wildman–Crippen LogP) is 2.47. The van der Waals surface area contributed by atoms with Gasteiger partial charge in [-0.3, -0.25) is 4.79 Å². The molecule has 10 heteroatoms. The SMILES string of the molecule is O=c1[nH]nc(-c2ccco2)c2c1Nc1nnnn1C2c1ccc(Br)cc1. The van der Waals surface area contributed by atoms with Gasteiger partial charge in [0.2, 0.25) is 5.95 Å². The summed E-state index contributed by atoms with van der Waals surface area (Å²) >= 11 is 3.44. The third-order valence-corrected chi connectivity index (χ3v) is 4.74. The second-order valence-electron chi connectivity index (χ2n) is 5.69. The summed E-state index contributed by atoms with van der Waals surface area (Å²) in [6.45, 7) is 0. The van der Waals surface area contributed by atoms with E-state index in [-0.39, 0.29) is 5.56 Å². The van der Waals surface area contributed by atoms with Crippen LogP contribution < -0.4 is 10.9 Å².